The Bertz CT molecular complexity index is 625. The summed E-state index contributed by atoms with van der Waals surface area (Å²) in [6.07, 6.45) is 0.333. The van der Waals surface area contributed by atoms with Crippen molar-refractivity contribution < 1.29 is 8.78 Å². The topological polar surface area (TPSA) is 0 Å². The molecule has 0 atom stereocenters. The molecule has 0 aliphatic carbocycles. The monoisotopic (exact) mass is 348 g/mol. The molecule has 0 radical (unpaired) electrons. The molecule has 0 heterocycles. The van der Waals surface area contributed by atoms with Crippen molar-refractivity contribution in [2.45, 2.75) is 11.8 Å². The fourth-order valence-electron chi connectivity index (χ4n) is 2.25. The van der Waals surface area contributed by atoms with Gasteiger partial charge in [-0.15, -0.1) is 23.2 Å². The highest BCUT2D eigenvalue weighted by molar-refractivity contribution is 6.31. The van der Waals surface area contributed by atoms with Crippen molar-refractivity contribution in [1.82, 2.24) is 0 Å². The maximum absolute atomic E-state index is 13.5. The highest BCUT2D eigenvalue weighted by Crippen LogP contribution is 2.34. The molecule has 0 nitrogen and oxygen atoms in total. The predicted octanol–water partition coefficient (Wildman–Crippen LogP) is 5.58. The van der Waals surface area contributed by atoms with Gasteiger partial charge in [0.15, 0.2) is 0 Å². The van der Waals surface area contributed by atoms with E-state index in [2.05, 4.69) is 0 Å². The first-order valence-corrected chi connectivity index (χ1v) is 7.77. The number of hydrogen-bond donors (Lipinski definition) is 0. The molecule has 0 N–H and O–H groups in total. The molecule has 0 saturated heterocycles. The van der Waals surface area contributed by atoms with Crippen molar-refractivity contribution in [2.24, 2.45) is 0 Å². The summed E-state index contributed by atoms with van der Waals surface area (Å²) in [5, 5.41) is 0.437. The van der Waals surface area contributed by atoms with Crippen molar-refractivity contribution >= 4 is 34.8 Å². The van der Waals surface area contributed by atoms with E-state index >= 15 is 0 Å². The van der Waals surface area contributed by atoms with Gasteiger partial charge in [-0.05, 0) is 47.9 Å². The Kier molecular flexibility index (Phi) is 5.48. The van der Waals surface area contributed by atoms with Crippen LogP contribution in [0, 0.1) is 11.6 Å². The highest BCUT2D eigenvalue weighted by Gasteiger charge is 2.32. The normalized spacial score (nSPS) is 11.7. The lowest BCUT2D eigenvalue weighted by atomic mass is 9.78. The number of rotatable bonds is 5. The van der Waals surface area contributed by atoms with Gasteiger partial charge in [0, 0.05) is 22.2 Å². The number of benzene rings is 2. The Morgan fingerprint density at radius 2 is 1.57 bits per heavy atom. The highest BCUT2D eigenvalue weighted by atomic mass is 35.5. The standard InChI is InChI=1S/C16H13Cl3F2/c17-9-16(10-18,12-2-1-3-13(20)7-12)8-11-6-14(21)4-5-15(11)19/h1-7H,8-10H2. The Morgan fingerprint density at radius 3 is 2.19 bits per heavy atom. The van der Waals surface area contributed by atoms with E-state index in [1.807, 2.05) is 0 Å². The van der Waals surface area contributed by atoms with Crippen LogP contribution in [-0.4, -0.2) is 11.8 Å². The zero-order valence-electron chi connectivity index (χ0n) is 11.1. The van der Waals surface area contributed by atoms with Crippen molar-refractivity contribution in [3.05, 3.63) is 70.2 Å². The maximum Gasteiger partial charge on any atom is 0.123 e. The SMILES string of the molecule is Fc1cccc(C(CCl)(CCl)Cc2cc(F)ccc2Cl)c1. The van der Waals surface area contributed by atoms with E-state index in [0.717, 1.165) is 0 Å². The van der Waals surface area contributed by atoms with Crippen molar-refractivity contribution in [3.63, 3.8) is 0 Å². The van der Waals surface area contributed by atoms with Crippen LogP contribution in [0.3, 0.4) is 0 Å². The van der Waals surface area contributed by atoms with Gasteiger partial charge in [-0.25, -0.2) is 8.78 Å². The van der Waals surface area contributed by atoms with Crippen molar-refractivity contribution in [1.29, 1.82) is 0 Å². The van der Waals surface area contributed by atoms with Gasteiger partial charge >= 0.3 is 0 Å². The summed E-state index contributed by atoms with van der Waals surface area (Å²) in [4.78, 5) is 0. The van der Waals surface area contributed by atoms with Crippen LogP contribution >= 0.6 is 34.8 Å². The molecule has 0 aliphatic heterocycles. The first-order valence-electron chi connectivity index (χ1n) is 6.33. The van der Waals surface area contributed by atoms with Gasteiger partial charge < -0.3 is 0 Å². The maximum atomic E-state index is 13.5. The van der Waals surface area contributed by atoms with Crippen LogP contribution in [0.4, 0.5) is 8.78 Å². The molecule has 0 bridgehead atoms. The fraction of sp³-hybridized carbons (Fsp3) is 0.250. The minimum atomic E-state index is -0.706. The van der Waals surface area contributed by atoms with Crippen molar-refractivity contribution in [2.75, 3.05) is 11.8 Å². The largest absolute Gasteiger partial charge is 0.207 e. The summed E-state index contributed by atoms with van der Waals surface area (Å²) < 4.78 is 26.9. The third-order valence-corrected chi connectivity index (χ3v) is 4.88. The molecular formula is C16H13Cl3F2. The molecule has 21 heavy (non-hydrogen) atoms. The second kappa shape index (κ2) is 6.95. The van der Waals surface area contributed by atoms with E-state index < -0.39 is 5.41 Å². The Labute approximate surface area is 137 Å². The molecule has 0 aromatic heterocycles. The molecule has 2 rings (SSSR count). The fourth-order valence-corrected chi connectivity index (χ4v) is 3.22. The Morgan fingerprint density at radius 1 is 0.905 bits per heavy atom. The van der Waals surface area contributed by atoms with Gasteiger partial charge in [-0.1, -0.05) is 23.7 Å². The third-order valence-electron chi connectivity index (χ3n) is 3.49. The average molecular weight is 350 g/mol. The first kappa shape index (κ1) is 16.5. The van der Waals surface area contributed by atoms with E-state index in [9.17, 15) is 8.78 Å². The van der Waals surface area contributed by atoms with Crippen molar-refractivity contribution in [3.8, 4) is 0 Å². The lowest BCUT2D eigenvalue weighted by molar-refractivity contribution is 0.525. The summed E-state index contributed by atoms with van der Waals surface area (Å²) >= 11 is 18.3. The predicted molar refractivity (Wildman–Crippen MR) is 84.6 cm³/mol. The first-order chi connectivity index (χ1) is 10.0. The van der Waals surface area contributed by atoms with Gasteiger partial charge in [-0.3, -0.25) is 0 Å². The molecule has 5 heteroatoms. The van der Waals surface area contributed by atoms with E-state index in [1.54, 1.807) is 12.1 Å². The summed E-state index contributed by atoms with van der Waals surface area (Å²) in [5.41, 5.74) is 0.567. The summed E-state index contributed by atoms with van der Waals surface area (Å²) in [6, 6.07) is 10.3. The summed E-state index contributed by atoms with van der Waals surface area (Å²) in [6.45, 7) is 0. The van der Waals surface area contributed by atoms with Crippen LogP contribution in [0.2, 0.25) is 5.02 Å². The Hall–Kier alpha value is -0.830. The molecule has 0 spiro atoms. The molecule has 0 amide bonds. The molecular weight excluding hydrogens is 337 g/mol. The zero-order valence-corrected chi connectivity index (χ0v) is 13.3. The van der Waals surface area contributed by atoms with Crippen LogP contribution < -0.4 is 0 Å². The quantitative estimate of drug-likeness (QED) is 0.618. The van der Waals surface area contributed by atoms with Gasteiger partial charge in [0.2, 0.25) is 0 Å². The summed E-state index contributed by atoms with van der Waals surface area (Å²) in [5.74, 6) is -0.399. The summed E-state index contributed by atoms with van der Waals surface area (Å²) in [7, 11) is 0. The van der Waals surface area contributed by atoms with Crippen LogP contribution in [0.1, 0.15) is 11.1 Å². The van der Waals surface area contributed by atoms with Crippen LogP contribution in [-0.2, 0) is 11.8 Å². The second-order valence-corrected chi connectivity index (χ2v) is 5.91. The van der Waals surface area contributed by atoms with E-state index in [-0.39, 0.29) is 23.4 Å². The molecule has 0 aliphatic rings. The second-order valence-electron chi connectivity index (χ2n) is 4.97. The minimum absolute atomic E-state index is 0.173. The number of alkyl halides is 2. The molecule has 112 valence electrons. The zero-order chi connectivity index (χ0) is 15.5. The molecule has 0 unspecified atom stereocenters. The smallest absolute Gasteiger partial charge is 0.123 e. The van der Waals surface area contributed by atoms with E-state index in [1.165, 1.54) is 30.3 Å². The van der Waals surface area contributed by atoms with E-state index in [0.29, 0.717) is 22.6 Å². The average Bonchev–Trinajstić information content (AvgIpc) is 2.48. The molecule has 2 aromatic rings. The minimum Gasteiger partial charge on any atom is -0.207 e. The van der Waals surface area contributed by atoms with Crippen LogP contribution in [0.15, 0.2) is 42.5 Å². The Balaban J connectivity index is 2.45. The van der Waals surface area contributed by atoms with Crippen LogP contribution in [0.5, 0.6) is 0 Å². The van der Waals surface area contributed by atoms with Crippen LogP contribution in [0.25, 0.3) is 0 Å². The van der Waals surface area contributed by atoms with Gasteiger partial charge in [-0.2, -0.15) is 0 Å². The lowest BCUT2D eigenvalue weighted by Crippen LogP contribution is -2.33. The number of hydrogen-bond acceptors (Lipinski definition) is 0. The number of halogens is 5. The van der Waals surface area contributed by atoms with Gasteiger partial charge in [0.05, 0.1) is 0 Å². The molecule has 0 fully saturated rings. The van der Waals surface area contributed by atoms with E-state index in [4.69, 9.17) is 34.8 Å². The molecule has 0 saturated carbocycles. The molecule has 2 aromatic carbocycles. The van der Waals surface area contributed by atoms with Gasteiger partial charge in [0.1, 0.15) is 11.6 Å². The third kappa shape index (κ3) is 3.68. The van der Waals surface area contributed by atoms with Gasteiger partial charge in [0.25, 0.3) is 0 Å². The lowest BCUT2D eigenvalue weighted by Gasteiger charge is -2.31.